The predicted molar refractivity (Wildman–Crippen MR) is 99.4 cm³/mol. The lowest BCUT2D eigenvalue weighted by Crippen LogP contribution is -2.17. The molecule has 0 bridgehead atoms. The molecule has 2 heterocycles. The normalized spacial score (nSPS) is 10.7. The van der Waals surface area contributed by atoms with Gasteiger partial charge in [-0.3, -0.25) is 9.78 Å². The fraction of sp³-hybridized carbons (Fsp3) is 0.100. The van der Waals surface area contributed by atoms with Gasteiger partial charge in [0.1, 0.15) is 11.5 Å². The number of rotatable bonds is 6. The number of benzene rings is 1. The van der Waals surface area contributed by atoms with E-state index in [1.807, 2.05) is 6.07 Å². The van der Waals surface area contributed by atoms with Gasteiger partial charge in [0.05, 0.1) is 18.4 Å². The van der Waals surface area contributed by atoms with Crippen LogP contribution in [0, 0.1) is 0 Å². The third-order valence-corrected chi connectivity index (χ3v) is 3.59. The molecule has 0 saturated carbocycles. The van der Waals surface area contributed by atoms with Gasteiger partial charge in [0.25, 0.3) is 5.91 Å². The Morgan fingerprint density at radius 2 is 1.96 bits per heavy atom. The highest BCUT2D eigenvalue weighted by Crippen LogP contribution is 2.23. The van der Waals surface area contributed by atoms with Crippen LogP contribution in [0.15, 0.2) is 70.4 Å². The van der Waals surface area contributed by atoms with Crippen LogP contribution in [0.5, 0.6) is 0 Å². The lowest BCUT2D eigenvalue weighted by atomic mass is 10.1. The van der Waals surface area contributed by atoms with Crippen LogP contribution >= 0.6 is 0 Å². The van der Waals surface area contributed by atoms with Gasteiger partial charge >= 0.3 is 5.97 Å². The molecule has 0 unspecified atom stereocenters. The number of hydrogen-bond donors (Lipinski definition) is 1. The molecular formula is C20H17N3O4. The first kappa shape index (κ1) is 18.1. The van der Waals surface area contributed by atoms with Crippen LogP contribution in [-0.2, 0) is 4.74 Å². The van der Waals surface area contributed by atoms with Crippen molar-refractivity contribution in [1.82, 2.24) is 10.4 Å². The first-order chi connectivity index (χ1) is 13.2. The molecule has 0 aliphatic rings. The second kappa shape index (κ2) is 8.57. The molecule has 136 valence electrons. The maximum Gasteiger partial charge on any atom is 0.338 e. The number of aromatic nitrogens is 1. The van der Waals surface area contributed by atoms with E-state index in [0.717, 1.165) is 5.56 Å². The van der Waals surface area contributed by atoms with Gasteiger partial charge in [-0.1, -0.05) is 12.1 Å². The third kappa shape index (κ3) is 4.66. The highest BCUT2D eigenvalue weighted by atomic mass is 16.5. The van der Waals surface area contributed by atoms with Crippen LogP contribution in [0.25, 0.3) is 11.3 Å². The van der Waals surface area contributed by atoms with Crippen molar-refractivity contribution < 1.29 is 18.7 Å². The number of nitrogens with zero attached hydrogens (tertiary/aromatic N) is 2. The molecule has 1 amide bonds. The standard InChI is InChI=1S/C20H17N3O4/c1-2-26-20(25)16-5-3-4-15(12-16)18-7-6-17(27-18)13-22-23-19(24)14-8-10-21-11-9-14/h3-13H,2H2,1H3,(H,23,24)/b22-13+. The number of carbonyl (C=O) groups excluding carboxylic acids is 2. The van der Waals surface area contributed by atoms with Crippen LogP contribution in [-0.4, -0.2) is 29.7 Å². The Bertz CT molecular complexity index is 964. The highest BCUT2D eigenvalue weighted by molar-refractivity contribution is 5.94. The van der Waals surface area contributed by atoms with Gasteiger partial charge in [-0.25, -0.2) is 10.2 Å². The van der Waals surface area contributed by atoms with E-state index in [1.165, 1.54) is 18.6 Å². The van der Waals surface area contributed by atoms with Crippen LogP contribution in [0.4, 0.5) is 0 Å². The Hall–Kier alpha value is -3.74. The van der Waals surface area contributed by atoms with Gasteiger partial charge in [-0.15, -0.1) is 0 Å². The zero-order valence-electron chi connectivity index (χ0n) is 14.6. The molecule has 7 heteroatoms. The fourth-order valence-electron chi connectivity index (χ4n) is 2.31. The Labute approximate surface area is 155 Å². The number of ether oxygens (including phenoxy) is 1. The summed E-state index contributed by atoms with van der Waals surface area (Å²) in [6.07, 6.45) is 4.46. The van der Waals surface area contributed by atoms with E-state index in [0.29, 0.717) is 29.3 Å². The molecule has 0 fully saturated rings. The Kier molecular flexibility index (Phi) is 5.73. The van der Waals surface area contributed by atoms with Crippen LogP contribution in [0.3, 0.4) is 0 Å². The summed E-state index contributed by atoms with van der Waals surface area (Å²) >= 11 is 0. The summed E-state index contributed by atoms with van der Waals surface area (Å²) in [6, 6.07) is 13.6. The molecule has 27 heavy (non-hydrogen) atoms. The summed E-state index contributed by atoms with van der Waals surface area (Å²) in [7, 11) is 0. The predicted octanol–water partition coefficient (Wildman–Crippen LogP) is 3.28. The number of furan rings is 1. The summed E-state index contributed by atoms with van der Waals surface area (Å²) in [5.74, 6) is 0.304. The van der Waals surface area contributed by atoms with E-state index in [1.54, 1.807) is 49.4 Å². The van der Waals surface area contributed by atoms with Crippen molar-refractivity contribution in [3.05, 3.63) is 77.8 Å². The smallest absolute Gasteiger partial charge is 0.338 e. The Morgan fingerprint density at radius 3 is 2.74 bits per heavy atom. The van der Waals surface area contributed by atoms with E-state index >= 15 is 0 Å². The molecule has 3 aromatic rings. The first-order valence-corrected chi connectivity index (χ1v) is 8.28. The Balaban J connectivity index is 1.67. The van der Waals surface area contributed by atoms with Crippen molar-refractivity contribution in [2.75, 3.05) is 6.61 Å². The van der Waals surface area contributed by atoms with Crippen molar-refractivity contribution in [2.24, 2.45) is 5.10 Å². The van der Waals surface area contributed by atoms with E-state index in [9.17, 15) is 9.59 Å². The quantitative estimate of drug-likeness (QED) is 0.412. The molecule has 2 aromatic heterocycles. The average Bonchev–Trinajstić information content (AvgIpc) is 3.18. The van der Waals surface area contributed by atoms with E-state index in [2.05, 4.69) is 15.5 Å². The summed E-state index contributed by atoms with van der Waals surface area (Å²) in [4.78, 5) is 27.6. The second-order valence-corrected chi connectivity index (χ2v) is 5.44. The van der Waals surface area contributed by atoms with Crippen molar-refractivity contribution in [3.8, 4) is 11.3 Å². The molecule has 0 saturated heterocycles. The molecule has 0 spiro atoms. The number of amides is 1. The molecular weight excluding hydrogens is 346 g/mol. The summed E-state index contributed by atoms with van der Waals surface area (Å²) in [6.45, 7) is 2.07. The first-order valence-electron chi connectivity index (χ1n) is 8.28. The van der Waals surface area contributed by atoms with E-state index in [4.69, 9.17) is 9.15 Å². The maximum atomic E-state index is 11.9. The monoisotopic (exact) mass is 363 g/mol. The number of esters is 1. The summed E-state index contributed by atoms with van der Waals surface area (Å²) < 4.78 is 10.7. The minimum absolute atomic E-state index is 0.315. The van der Waals surface area contributed by atoms with Gasteiger partial charge < -0.3 is 9.15 Å². The number of nitrogens with one attached hydrogen (secondary N) is 1. The van der Waals surface area contributed by atoms with Gasteiger partial charge in [0.2, 0.25) is 0 Å². The number of hydrazone groups is 1. The van der Waals surface area contributed by atoms with Crippen molar-refractivity contribution in [3.63, 3.8) is 0 Å². The largest absolute Gasteiger partial charge is 0.462 e. The maximum absolute atomic E-state index is 11.9. The molecule has 1 N–H and O–H groups in total. The zero-order chi connectivity index (χ0) is 19.1. The lowest BCUT2D eigenvalue weighted by molar-refractivity contribution is 0.0526. The molecule has 0 radical (unpaired) electrons. The Morgan fingerprint density at radius 1 is 1.15 bits per heavy atom. The number of pyridine rings is 1. The molecule has 3 rings (SSSR count). The molecule has 0 atom stereocenters. The van der Waals surface area contributed by atoms with Gasteiger partial charge in [0.15, 0.2) is 0 Å². The van der Waals surface area contributed by atoms with E-state index < -0.39 is 0 Å². The summed E-state index contributed by atoms with van der Waals surface area (Å²) in [5.41, 5.74) is 4.06. The van der Waals surface area contributed by atoms with Crippen LogP contribution < -0.4 is 5.43 Å². The van der Waals surface area contributed by atoms with Gasteiger partial charge in [-0.05, 0) is 43.3 Å². The molecule has 1 aromatic carbocycles. The van der Waals surface area contributed by atoms with Gasteiger partial charge in [0, 0.05) is 23.5 Å². The summed E-state index contributed by atoms with van der Waals surface area (Å²) in [5, 5.41) is 3.88. The second-order valence-electron chi connectivity index (χ2n) is 5.44. The highest BCUT2D eigenvalue weighted by Gasteiger charge is 2.10. The zero-order valence-corrected chi connectivity index (χ0v) is 14.6. The minimum Gasteiger partial charge on any atom is -0.462 e. The van der Waals surface area contributed by atoms with E-state index in [-0.39, 0.29) is 11.9 Å². The third-order valence-electron chi connectivity index (χ3n) is 3.59. The van der Waals surface area contributed by atoms with Crippen molar-refractivity contribution in [2.45, 2.75) is 6.92 Å². The van der Waals surface area contributed by atoms with Crippen LogP contribution in [0.2, 0.25) is 0 Å². The van der Waals surface area contributed by atoms with Gasteiger partial charge in [-0.2, -0.15) is 5.10 Å². The molecule has 7 nitrogen and oxygen atoms in total. The number of carbonyl (C=O) groups is 2. The molecule has 0 aliphatic carbocycles. The topological polar surface area (TPSA) is 93.8 Å². The minimum atomic E-state index is -0.383. The number of hydrogen-bond acceptors (Lipinski definition) is 6. The lowest BCUT2D eigenvalue weighted by Gasteiger charge is -2.03. The fourth-order valence-corrected chi connectivity index (χ4v) is 2.31. The van der Waals surface area contributed by atoms with Crippen molar-refractivity contribution >= 4 is 18.1 Å². The van der Waals surface area contributed by atoms with Crippen LogP contribution in [0.1, 0.15) is 33.4 Å². The van der Waals surface area contributed by atoms with Crippen molar-refractivity contribution in [1.29, 1.82) is 0 Å². The molecule has 0 aliphatic heterocycles. The average molecular weight is 363 g/mol. The SMILES string of the molecule is CCOC(=O)c1cccc(-c2ccc(/C=N/NC(=O)c3ccncc3)o2)c1.